The van der Waals surface area contributed by atoms with E-state index in [-0.39, 0.29) is 56.1 Å². The minimum absolute atomic E-state index is 0.0810. The number of methoxy groups -OCH3 is 2. The van der Waals surface area contributed by atoms with Gasteiger partial charge in [-0.3, -0.25) is 38.4 Å². The van der Waals surface area contributed by atoms with Crippen molar-refractivity contribution in [3.05, 3.63) is 287 Å². The van der Waals surface area contributed by atoms with Crippen LogP contribution in [0.25, 0.3) is 0 Å². The Hall–Kier alpha value is -10.1. The van der Waals surface area contributed by atoms with Gasteiger partial charge < -0.3 is 36.3 Å². The molecule has 8 rings (SSSR count). The van der Waals surface area contributed by atoms with E-state index in [1.807, 2.05) is 243 Å². The normalized spacial score (nSPS) is 12.2. The number of amides is 3. The first kappa shape index (κ1) is 70.0. The average Bonchev–Trinajstić information content (AvgIpc) is 0.821. The molecule has 0 saturated heterocycles. The highest BCUT2D eigenvalue weighted by Gasteiger charge is 2.40. The summed E-state index contributed by atoms with van der Waals surface area (Å²) in [7, 11) is 2.53. The van der Waals surface area contributed by atoms with Crippen LogP contribution in [0.2, 0.25) is 0 Å². The minimum Gasteiger partial charge on any atom is -0.481 e. The van der Waals surface area contributed by atoms with Crippen LogP contribution in [0, 0.1) is 11.8 Å². The van der Waals surface area contributed by atoms with Gasteiger partial charge in [-0.15, -0.1) is 0 Å². The van der Waals surface area contributed by atoms with Crippen molar-refractivity contribution >= 4 is 47.2 Å². The molecular weight excluding hydrogens is 1140 g/mol. The van der Waals surface area contributed by atoms with Crippen molar-refractivity contribution < 1.29 is 52.9 Å². The summed E-state index contributed by atoms with van der Waals surface area (Å²) in [6.45, 7) is 3.19. The molecule has 0 aromatic heterocycles. The molecule has 15 nitrogen and oxygen atoms in total. The third-order valence-electron chi connectivity index (χ3n) is 15.5. The smallest absolute Gasteiger partial charge is 0.308 e. The van der Waals surface area contributed by atoms with Crippen molar-refractivity contribution in [2.75, 3.05) is 14.2 Å². The van der Waals surface area contributed by atoms with E-state index < -0.39 is 64.6 Å². The molecule has 4 atom stereocenters. The Balaban J connectivity index is 0.000000251. The van der Waals surface area contributed by atoms with Gasteiger partial charge in [0.25, 0.3) is 0 Å². The molecule has 0 aliphatic carbocycles. The first-order chi connectivity index (χ1) is 44.0. The number of benzene rings is 8. The number of carbonyl (C=O) groups excluding carboxylic acids is 7. The van der Waals surface area contributed by atoms with Crippen molar-refractivity contribution in [3.63, 3.8) is 0 Å². The van der Waals surface area contributed by atoms with Gasteiger partial charge in [-0.1, -0.05) is 257 Å². The van der Waals surface area contributed by atoms with Gasteiger partial charge in [0.2, 0.25) is 17.7 Å². The second-order valence-corrected chi connectivity index (χ2v) is 22.2. The molecule has 0 fully saturated rings. The van der Waals surface area contributed by atoms with Crippen LogP contribution >= 0.6 is 0 Å². The monoisotopic (exact) mass is 1230 g/mol. The molecule has 8 aromatic carbocycles. The number of nitrogens with one attached hydrogen (secondary N) is 3. The largest absolute Gasteiger partial charge is 0.481 e. The Morgan fingerprint density at radius 2 is 0.681 bits per heavy atom. The van der Waals surface area contributed by atoms with Gasteiger partial charge in [0.05, 0.1) is 44.6 Å². The first-order valence-electron chi connectivity index (χ1n) is 30.5. The lowest BCUT2D eigenvalue weighted by Gasteiger charge is -2.37. The summed E-state index contributed by atoms with van der Waals surface area (Å²) in [5.41, 5.74) is 11.5. The summed E-state index contributed by atoms with van der Waals surface area (Å²) >= 11 is 0. The van der Waals surface area contributed by atoms with Crippen LogP contribution in [0.1, 0.15) is 110 Å². The van der Waals surface area contributed by atoms with E-state index in [1.165, 1.54) is 19.8 Å². The lowest BCUT2D eigenvalue weighted by atomic mass is 9.76. The molecule has 0 aliphatic rings. The number of carboxylic acid groups (broad SMARTS) is 1. The van der Waals surface area contributed by atoms with Crippen LogP contribution in [0.15, 0.2) is 243 Å². The minimum atomic E-state index is -1.12. The number of ether oxygens (including phenoxy) is 2. The summed E-state index contributed by atoms with van der Waals surface area (Å²) in [5, 5.41) is 17.6. The number of aryl methyl sites for hydroxylation is 2. The van der Waals surface area contributed by atoms with E-state index in [0.29, 0.717) is 12.8 Å². The van der Waals surface area contributed by atoms with Crippen molar-refractivity contribution in [2.24, 2.45) is 17.6 Å². The Bertz CT molecular complexity index is 3350. The van der Waals surface area contributed by atoms with Gasteiger partial charge in [0.1, 0.15) is 11.1 Å². The Kier molecular flexibility index (Phi) is 28.0. The van der Waals surface area contributed by atoms with Crippen molar-refractivity contribution in [2.45, 2.75) is 101 Å². The summed E-state index contributed by atoms with van der Waals surface area (Å²) in [5.74, 6) is -4.98. The third-order valence-corrected chi connectivity index (χ3v) is 15.5. The van der Waals surface area contributed by atoms with Gasteiger partial charge in [-0.25, -0.2) is 0 Å². The van der Waals surface area contributed by atoms with E-state index in [2.05, 4.69) is 20.7 Å². The van der Waals surface area contributed by atoms with E-state index in [1.54, 1.807) is 13.8 Å². The molecule has 472 valence electrons. The van der Waals surface area contributed by atoms with Gasteiger partial charge >= 0.3 is 17.9 Å². The summed E-state index contributed by atoms with van der Waals surface area (Å²) < 4.78 is 9.48. The second kappa shape index (κ2) is 36.4. The Labute approximate surface area is 533 Å². The maximum Gasteiger partial charge on any atom is 0.308 e. The average molecular weight is 1230 g/mol. The highest BCUT2D eigenvalue weighted by molar-refractivity contribution is 5.95. The molecule has 0 aliphatic heterocycles. The zero-order valence-corrected chi connectivity index (χ0v) is 52.1. The Morgan fingerprint density at radius 3 is 0.989 bits per heavy atom. The number of hydrogen-bond donors (Lipinski definition) is 5. The predicted molar refractivity (Wildman–Crippen MR) is 352 cm³/mol. The molecule has 6 N–H and O–H groups in total. The van der Waals surface area contributed by atoms with Crippen LogP contribution in [-0.2, 0) is 71.7 Å². The van der Waals surface area contributed by atoms with Gasteiger partial charge in [-0.2, -0.15) is 0 Å². The molecule has 15 heteroatoms. The summed E-state index contributed by atoms with van der Waals surface area (Å²) in [6, 6.07) is 75.6. The zero-order valence-electron chi connectivity index (χ0n) is 52.1. The fourth-order valence-corrected chi connectivity index (χ4v) is 10.7. The molecule has 0 unspecified atom stereocenters. The number of ketones is 2. The number of esters is 2. The van der Waals surface area contributed by atoms with Gasteiger partial charge in [-0.05, 0) is 70.2 Å². The molecule has 0 heterocycles. The first-order valence-corrected chi connectivity index (χ1v) is 30.5. The standard InChI is InChI=1S/C38H40N2O5.C28H30N2O4.C10H12O2/c1-28(37(44)45-2)26-34(41)33(39-35(42)25-15-18-29-16-7-3-8-17-29)27-36(43)40-38(30-19-9-4-10-20-30,31-21-11-5-12-22-31)32-23-13-6-14-24-32;1-20(27(33)34-2)18-25(31)24(29)19-26(32)30-28(21-12-6-3-7-13-21,22-14-8-4-9-15-22)23-16-10-5-11-17-23;11-10(12)8-4-7-9-5-2-1-3-6-9/h3-14,16-17,19-24,28,33H,15,18,25-27H2,1-2H3,(H,39,42)(H,40,43);3-17,20,24H,18-19,29H2,1-2H3,(H,30,32);1-3,5-6H,4,7-8H2,(H,11,12)/t28-,33-;20-,24-;/m11./s1. The van der Waals surface area contributed by atoms with E-state index in [0.717, 1.165) is 51.8 Å². The van der Waals surface area contributed by atoms with E-state index in [4.69, 9.17) is 15.6 Å². The number of aliphatic carboxylic acids is 1. The van der Waals surface area contributed by atoms with Gasteiger partial charge in [0.15, 0.2) is 11.6 Å². The highest BCUT2D eigenvalue weighted by Crippen LogP contribution is 2.38. The quantitative estimate of drug-likeness (QED) is 0.0217. The summed E-state index contributed by atoms with van der Waals surface area (Å²) in [6.07, 6.45) is 2.56. The molecule has 3 amide bonds. The lowest BCUT2D eigenvalue weighted by molar-refractivity contribution is -0.147. The van der Waals surface area contributed by atoms with Crippen molar-refractivity contribution in [1.82, 2.24) is 16.0 Å². The number of Topliss-reactive ketones (excluding diaryl/α,β-unsaturated/α-hetero) is 2. The van der Waals surface area contributed by atoms with Crippen molar-refractivity contribution in [3.8, 4) is 0 Å². The number of rotatable bonds is 29. The Morgan fingerprint density at radius 1 is 0.396 bits per heavy atom. The van der Waals surface area contributed by atoms with E-state index in [9.17, 15) is 38.4 Å². The fraction of sp³-hybridized carbons (Fsp3) is 0.263. The number of nitrogens with two attached hydrogens (primary N) is 1. The molecule has 8 aromatic rings. The molecule has 0 radical (unpaired) electrons. The lowest BCUT2D eigenvalue weighted by Crippen LogP contribution is -2.51. The topological polar surface area (TPSA) is 237 Å². The van der Waals surface area contributed by atoms with Crippen LogP contribution in [0.5, 0.6) is 0 Å². The predicted octanol–water partition coefficient (Wildman–Crippen LogP) is 11.4. The van der Waals surface area contributed by atoms with Crippen molar-refractivity contribution in [1.29, 1.82) is 0 Å². The fourth-order valence-electron chi connectivity index (χ4n) is 10.7. The van der Waals surface area contributed by atoms with E-state index >= 15 is 0 Å². The number of carboxylic acids is 1. The van der Waals surface area contributed by atoms with Crippen LogP contribution in [-0.4, -0.2) is 78.6 Å². The summed E-state index contributed by atoms with van der Waals surface area (Å²) in [4.78, 5) is 100. The number of carbonyl (C=O) groups is 8. The SMILES string of the molecule is COC(=O)[C@H](C)CC(=O)[C@@H](CC(=O)NC(c1ccccc1)(c1ccccc1)c1ccccc1)NC(=O)CCCc1ccccc1.COC(=O)[C@H](C)CC(=O)[C@H](N)CC(=O)NC(c1ccccc1)(c1ccccc1)c1ccccc1.O=C(O)CCCc1ccccc1. The maximum absolute atomic E-state index is 14.0. The highest BCUT2D eigenvalue weighted by atomic mass is 16.5. The molecule has 0 bridgehead atoms. The van der Waals surface area contributed by atoms with Crippen LogP contribution in [0.4, 0.5) is 0 Å². The molecule has 91 heavy (non-hydrogen) atoms. The number of hydrogen-bond acceptors (Lipinski definition) is 11. The maximum atomic E-state index is 14.0. The molecule has 0 spiro atoms. The molecular formula is C76H82N4O11. The zero-order chi connectivity index (χ0) is 65.4. The van der Waals surface area contributed by atoms with Gasteiger partial charge in [0, 0.05) is 32.1 Å². The third kappa shape index (κ3) is 21.0. The second-order valence-electron chi connectivity index (χ2n) is 22.2. The molecule has 0 saturated carbocycles. The van der Waals surface area contributed by atoms with Crippen LogP contribution in [0.3, 0.4) is 0 Å². The van der Waals surface area contributed by atoms with Crippen LogP contribution < -0.4 is 21.7 Å².